The average molecular weight is 270 g/mol. The maximum absolute atomic E-state index is 12.9. The minimum atomic E-state index is -0.380. The summed E-state index contributed by atoms with van der Waals surface area (Å²) in [6, 6.07) is 14.1. The molecule has 0 aliphatic carbocycles. The van der Waals surface area contributed by atoms with Gasteiger partial charge in [0.05, 0.1) is 7.11 Å². The number of allylic oxidation sites excluding steroid dienone is 1. The molecular weight excluding hydrogens is 255 g/mol. The van der Waals surface area contributed by atoms with Gasteiger partial charge in [-0.3, -0.25) is 0 Å². The zero-order chi connectivity index (χ0) is 14.5. The van der Waals surface area contributed by atoms with E-state index < -0.39 is 0 Å². The normalized spacial score (nSPS) is 11.2. The second-order valence-electron chi connectivity index (χ2n) is 4.44. The first-order valence-electron chi connectivity index (χ1n) is 6.23. The lowest BCUT2D eigenvalue weighted by molar-refractivity contribution is -0.134. The van der Waals surface area contributed by atoms with Crippen LogP contribution in [0.5, 0.6) is 0 Å². The lowest BCUT2D eigenvalue weighted by Crippen LogP contribution is -1.95. The van der Waals surface area contributed by atoms with E-state index in [0.29, 0.717) is 0 Å². The number of carbonyl (C=O) groups excluding carboxylic acids is 1. The molecule has 0 fully saturated rings. The molecule has 2 aromatic rings. The van der Waals surface area contributed by atoms with Crippen molar-refractivity contribution >= 4 is 11.5 Å². The minimum absolute atomic E-state index is 0.258. The van der Waals surface area contributed by atoms with Crippen LogP contribution in [0.15, 0.2) is 54.6 Å². The van der Waals surface area contributed by atoms with Gasteiger partial charge in [0.1, 0.15) is 5.82 Å². The van der Waals surface area contributed by atoms with Gasteiger partial charge in [-0.25, -0.2) is 9.18 Å². The van der Waals surface area contributed by atoms with Gasteiger partial charge < -0.3 is 4.74 Å². The number of hydrogen-bond donors (Lipinski definition) is 0. The van der Waals surface area contributed by atoms with Crippen molar-refractivity contribution in [2.75, 3.05) is 7.11 Å². The molecule has 2 nitrogen and oxygen atoms in total. The Bertz CT molecular complexity index is 642. The lowest BCUT2D eigenvalue weighted by Gasteiger charge is -2.06. The van der Waals surface area contributed by atoms with Gasteiger partial charge in [0.2, 0.25) is 0 Å². The number of halogens is 1. The third-order valence-electron chi connectivity index (χ3n) is 3.03. The summed E-state index contributed by atoms with van der Waals surface area (Å²) in [6.45, 7) is 1.85. The fourth-order valence-corrected chi connectivity index (χ4v) is 1.91. The third-order valence-corrected chi connectivity index (χ3v) is 3.03. The molecule has 0 aromatic heterocycles. The molecule has 2 rings (SSSR count). The predicted octanol–water partition coefficient (Wildman–Crippen LogP) is 4.07. The van der Waals surface area contributed by atoms with Gasteiger partial charge in [-0.05, 0) is 47.4 Å². The van der Waals surface area contributed by atoms with E-state index in [1.807, 2.05) is 31.2 Å². The van der Waals surface area contributed by atoms with E-state index in [4.69, 9.17) is 0 Å². The summed E-state index contributed by atoms with van der Waals surface area (Å²) in [5, 5.41) is 0. The van der Waals surface area contributed by atoms with Gasteiger partial charge in [0.25, 0.3) is 0 Å². The number of benzene rings is 2. The summed E-state index contributed by atoms with van der Waals surface area (Å²) in [6.07, 6.45) is 1.45. The molecule has 102 valence electrons. The van der Waals surface area contributed by atoms with E-state index in [-0.39, 0.29) is 11.8 Å². The van der Waals surface area contributed by atoms with Crippen LogP contribution in [-0.2, 0) is 9.53 Å². The van der Waals surface area contributed by atoms with Gasteiger partial charge >= 0.3 is 5.97 Å². The monoisotopic (exact) mass is 270 g/mol. The fourth-order valence-electron chi connectivity index (χ4n) is 1.91. The molecule has 0 saturated heterocycles. The first-order chi connectivity index (χ1) is 9.60. The van der Waals surface area contributed by atoms with E-state index in [0.717, 1.165) is 22.3 Å². The van der Waals surface area contributed by atoms with Crippen molar-refractivity contribution in [3.63, 3.8) is 0 Å². The Hall–Kier alpha value is -2.42. The van der Waals surface area contributed by atoms with Crippen LogP contribution in [0.1, 0.15) is 12.5 Å². The summed E-state index contributed by atoms with van der Waals surface area (Å²) in [5.41, 5.74) is 3.65. The Kier molecular flexibility index (Phi) is 4.31. The molecule has 0 bridgehead atoms. The smallest absolute Gasteiger partial charge is 0.330 e. The SMILES string of the molecule is COC(=O)/C=C(\C)c1cccc(-c2ccc(F)cc2)c1. The molecule has 0 radical (unpaired) electrons. The number of rotatable bonds is 3. The highest BCUT2D eigenvalue weighted by Crippen LogP contribution is 2.24. The number of carbonyl (C=O) groups is 1. The summed E-state index contributed by atoms with van der Waals surface area (Å²) >= 11 is 0. The maximum atomic E-state index is 12.9. The Morgan fingerprint density at radius 3 is 2.45 bits per heavy atom. The molecule has 3 heteroatoms. The highest BCUT2D eigenvalue weighted by Gasteiger charge is 2.03. The summed E-state index contributed by atoms with van der Waals surface area (Å²) < 4.78 is 17.5. The Balaban J connectivity index is 2.35. The van der Waals surface area contributed by atoms with Gasteiger partial charge in [0.15, 0.2) is 0 Å². The summed E-state index contributed by atoms with van der Waals surface area (Å²) in [7, 11) is 1.35. The van der Waals surface area contributed by atoms with Crippen molar-refractivity contribution in [3.8, 4) is 11.1 Å². The molecule has 20 heavy (non-hydrogen) atoms. The zero-order valence-electron chi connectivity index (χ0n) is 11.4. The molecule has 0 N–H and O–H groups in total. The Morgan fingerprint density at radius 2 is 1.80 bits per heavy atom. The topological polar surface area (TPSA) is 26.3 Å². The summed E-state index contributed by atoms with van der Waals surface area (Å²) in [4.78, 5) is 11.2. The van der Waals surface area contributed by atoms with E-state index in [1.54, 1.807) is 12.1 Å². The van der Waals surface area contributed by atoms with E-state index in [2.05, 4.69) is 4.74 Å². The van der Waals surface area contributed by atoms with Crippen LogP contribution in [0.25, 0.3) is 16.7 Å². The fraction of sp³-hybridized carbons (Fsp3) is 0.118. The van der Waals surface area contributed by atoms with Gasteiger partial charge in [-0.15, -0.1) is 0 Å². The zero-order valence-corrected chi connectivity index (χ0v) is 11.4. The standard InChI is InChI=1S/C17H15FO2/c1-12(10-17(19)20-2)14-4-3-5-15(11-14)13-6-8-16(18)9-7-13/h3-11H,1-2H3/b12-10+. The van der Waals surface area contributed by atoms with Gasteiger partial charge in [-0.1, -0.05) is 30.3 Å². The highest BCUT2D eigenvalue weighted by atomic mass is 19.1. The van der Waals surface area contributed by atoms with Crippen LogP contribution < -0.4 is 0 Å². The maximum Gasteiger partial charge on any atom is 0.330 e. The van der Waals surface area contributed by atoms with Crippen LogP contribution in [0.4, 0.5) is 4.39 Å². The molecule has 0 aliphatic rings. The van der Waals surface area contributed by atoms with Crippen LogP contribution >= 0.6 is 0 Å². The minimum Gasteiger partial charge on any atom is -0.466 e. The van der Waals surface area contributed by atoms with Crippen LogP contribution in [-0.4, -0.2) is 13.1 Å². The average Bonchev–Trinajstić information content (AvgIpc) is 2.48. The van der Waals surface area contributed by atoms with E-state index >= 15 is 0 Å². The Morgan fingerprint density at radius 1 is 1.10 bits per heavy atom. The molecular formula is C17H15FO2. The molecule has 0 aliphatic heterocycles. The van der Waals surface area contributed by atoms with Gasteiger partial charge in [-0.2, -0.15) is 0 Å². The summed E-state index contributed by atoms with van der Waals surface area (Å²) in [5.74, 6) is -0.638. The number of esters is 1. The lowest BCUT2D eigenvalue weighted by atomic mass is 9.99. The molecule has 2 aromatic carbocycles. The predicted molar refractivity (Wildman–Crippen MR) is 77.5 cm³/mol. The molecule has 0 saturated carbocycles. The highest BCUT2D eigenvalue weighted by molar-refractivity contribution is 5.91. The van der Waals surface area contributed by atoms with Crippen molar-refractivity contribution in [3.05, 3.63) is 66.0 Å². The van der Waals surface area contributed by atoms with Crippen LogP contribution in [0.3, 0.4) is 0 Å². The second-order valence-corrected chi connectivity index (χ2v) is 4.44. The Labute approximate surface area is 117 Å². The van der Waals surface area contributed by atoms with Crippen molar-refractivity contribution in [2.45, 2.75) is 6.92 Å². The quantitative estimate of drug-likeness (QED) is 0.620. The first-order valence-corrected chi connectivity index (χ1v) is 6.23. The van der Waals surface area contributed by atoms with Crippen LogP contribution in [0, 0.1) is 5.82 Å². The van der Waals surface area contributed by atoms with E-state index in [9.17, 15) is 9.18 Å². The van der Waals surface area contributed by atoms with Crippen LogP contribution in [0.2, 0.25) is 0 Å². The van der Waals surface area contributed by atoms with E-state index in [1.165, 1.54) is 25.3 Å². The first kappa shape index (κ1) is 14.0. The molecule has 0 unspecified atom stereocenters. The number of ether oxygens (including phenoxy) is 1. The number of hydrogen-bond acceptors (Lipinski definition) is 2. The van der Waals surface area contributed by atoms with Crippen molar-refractivity contribution in [1.29, 1.82) is 0 Å². The van der Waals surface area contributed by atoms with Crippen molar-refractivity contribution in [2.24, 2.45) is 0 Å². The second kappa shape index (κ2) is 6.15. The van der Waals surface area contributed by atoms with Crippen molar-refractivity contribution < 1.29 is 13.9 Å². The molecule has 0 amide bonds. The largest absolute Gasteiger partial charge is 0.466 e. The van der Waals surface area contributed by atoms with Gasteiger partial charge in [0, 0.05) is 6.08 Å². The molecule has 0 heterocycles. The van der Waals surface area contributed by atoms with Crippen molar-refractivity contribution in [1.82, 2.24) is 0 Å². The molecule has 0 spiro atoms. The third kappa shape index (κ3) is 3.32. The molecule has 0 atom stereocenters. The number of methoxy groups -OCH3 is 1.